The van der Waals surface area contributed by atoms with E-state index in [1.165, 1.54) is 0 Å². The van der Waals surface area contributed by atoms with Crippen molar-refractivity contribution in [1.29, 1.82) is 0 Å². The highest BCUT2D eigenvalue weighted by atomic mass is 19.4. The van der Waals surface area contributed by atoms with Crippen LogP contribution in [0.4, 0.5) is 70.2 Å². The number of hydrogen-bond acceptors (Lipinski definition) is 0. The molecule has 16 heteroatoms. The summed E-state index contributed by atoms with van der Waals surface area (Å²) in [6.45, 7) is 0. The SMILES string of the molecule is FC(F)=C1C(C(C(F)(F)F)(C(F)(F)F)C(F)(F)C(F)(F)F)=C(F)C1(F)F. The number of rotatable bonds is 2. The summed E-state index contributed by atoms with van der Waals surface area (Å²) in [6, 6.07) is 0. The fourth-order valence-corrected chi connectivity index (χ4v) is 2.21. The molecule has 0 aliphatic heterocycles. The normalized spacial score (nSPS) is 19.6. The highest BCUT2D eigenvalue weighted by Crippen LogP contribution is 2.72. The lowest BCUT2D eigenvalue weighted by Crippen LogP contribution is -2.69. The second kappa shape index (κ2) is 5.43. The summed E-state index contributed by atoms with van der Waals surface area (Å²) < 4.78 is 204. The van der Waals surface area contributed by atoms with Crippen LogP contribution in [0.1, 0.15) is 0 Å². The maximum atomic E-state index is 13.3. The van der Waals surface area contributed by atoms with Gasteiger partial charge in [-0.3, -0.25) is 0 Å². The molecular formula is C10F16. The second-order valence-corrected chi connectivity index (χ2v) is 4.72. The first kappa shape index (κ1) is 22.4. The minimum absolute atomic E-state index is 3.85. The summed E-state index contributed by atoms with van der Waals surface area (Å²) in [5.41, 5.74) is -15.8. The molecule has 0 bridgehead atoms. The Balaban J connectivity index is 4.23. The summed E-state index contributed by atoms with van der Waals surface area (Å²) in [5.74, 6) is -18.1. The third-order valence-electron chi connectivity index (χ3n) is 3.30. The van der Waals surface area contributed by atoms with E-state index in [2.05, 4.69) is 0 Å². The summed E-state index contributed by atoms with van der Waals surface area (Å²) >= 11 is 0. The van der Waals surface area contributed by atoms with Crippen LogP contribution >= 0.6 is 0 Å². The topological polar surface area (TPSA) is 0 Å². The molecule has 0 saturated heterocycles. The van der Waals surface area contributed by atoms with Gasteiger partial charge in [0.25, 0.3) is 11.5 Å². The minimum atomic E-state index is -8.04. The molecule has 0 N–H and O–H groups in total. The fraction of sp³-hybridized carbons (Fsp3) is 0.600. The molecule has 26 heavy (non-hydrogen) atoms. The summed E-state index contributed by atoms with van der Waals surface area (Å²) in [5, 5.41) is 0. The van der Waals surface area contributed by atoms with Crippen LogP contribution in [0.25, 0.3) is 0 Å². The van der Waals surface area contributed by atoms with E-state index in [4.69, 9.17) is 0 Å². The van der Waals surface area contributed by atoms with E-state index >= 15 is 0 Å². The molecule has 1 rings (SSSR count). The maximum absolute atomic E-state index is 13.3. The van der Waals surface area contributed by atoms with Crippen molar-refractivity contribution in [2.24, 2.45) is 5.41 Å². The van der Waals surface area contributed by atoms with Crippen LogP contribution in [0.15, 0.2) is 23.1 Å². The molecule has 152 valence electrons. The van der Waals surface area contributed by atoms with Gasteiger partial charge in [0.15, 0.2) is 5.83 Å². The van der Waals surface area contributed by atoms with Gasteiger partial charge in [0.1, 0.15) is 5.57 Å². The first-order valence-electron chi connectivity index (χ1n) is 5.52. The van der Waals surface area contributed by atoms with Gasteiger partial charge in [-0.2, -0.15) is 65.9 Å². The van der Waals surface area contributed by atoms with E-state index in [-0.39, 0.29) is 0 Å². The van der Waals surface area contributed by atoms with Crippen LogP contribution in [-0.2, 0) is 0 Å². The Hall–Kier alpha value is -1.64. The van der Waals surface area contributed by atoms with Gasteiger partial charge in [-0.15, -0.1) is 0 Å². The van der Waals surface area contributed by atoms with E-state index in [9.17, 15) is 70.2 Å². The monoisotopic (exact) mass is 424 g/mol. The van der Waals surface area contributed by atoms with Gasteiger partial charge in [-0.25, -0.2) is 4.39 Å². The zero-order chi connectivity index (χ0) is 21.3. The molecule has 0 aromatic carbocycles. The lowest BCUT2D eigenvalue weighted by molar-refractivity contribution is -0.436. The Labute approximate surface area is 130 Å². The van der Waals surface area contributed by atoms with Gasteiger partial charge in [0.05, 0.1) is 0 Å². The Kier molecular flexibility index (Phi) is 4.68. The molecule has 1 aliphatic carbocycles. The van der Waals surface area contributed by atoms with Gasteiger partial charge in [-0.1, -0.05) is 0 Å². The van der Waals surface area contributed by atoms with Gasteiger partial charge in [-0.05, 0) is 0 Å². The predicted molar refractivity (Wildman–Crippen MR) is 47.9 cm³/mol. The average molecular weight is 424 g/mol. The summed E-state index contributed by atoms with van der Waals surface area (Å²) in [7, 11) is 0. The molecule has 0 aromatic rings. The largest absolute Gasteiger partial charge is 0.455 e. The van der Waals surface area contributed by atoms with Crippen LogP contribution in [0.3, 0.4) is 0 Å². The summed E-state index contributed by atoms with van der Waals surface area (Å²) in [4.78, 5) is 0. The molecule has 0 radical (unpaired) electrons. The van der Waals surface area contributed by atoms with Crippen LogP contribution in [0, 0.1) is 5.41 Å². The van der Waals surface area contributed by atoms with Crippen LogP contribution in [-0.4, -0.2) is 30.4 Å². The Bertz CT molecular complexity index is 632. The van der Waals surface area contributed by atoms with Crippen LogP contribution in [0.5, 0.6) is 0 Å². The molecule has 0 unspecified atom stereocenters. The highest BCUT2D eigenvalue weighted by molar-refractivity contribution is 5.60. The molecule has 0 spiro atoms. The first-order valence-corrected chi connectivity index (χ1v) is 5.52. The minimum Gasteiger partial charge on any atom is -0.204 e. The van der Waals surface area contributed by atoms with E-state index in [0.717, 1.165) is 0 Å². The number of alkyl halides is 13. The van der Waals surface area contributed by atoms with Crippen molar-refractivity contribution in [3.8, 4) is 0 Å². The van der Waals surface area contributed by atoms with Crippen LogP contribution in [0.2, 0.25) is 0 Å². The molecule has 0 nitrogen and oxygen atoms in total. The van der Waals surface area contributed by atoms with Crippen molar-refractivity contribution in [2.75, 3.05) is 0 Å². The van der Waals surface area contributed by atoms with Crippen molar-refractivity contribution in [3.63, 3.8) is 0 Å². The van der Waals surface area contributed by atoms with Gasteiger partial charge in [0, 0.05) is 5.57 Å². The second-order valence-electron chi connectivity index (χ2n) is 4.72. The van der Waals surface area contributed by atoms with Gasteiger partial charge < -0.3 is 0 Å². The molecule has 0 atom stereocenters. The zero-order valence-corrected chi connectivity index (χ0v) is 11.0. The molecule has 1 aliphatic rings. The Morgan fingerprint density at radius 2 is 1.00 bits per heavy atom. The molecule has 0 saturated carbocycles. The van der Waals surface area contributed by atoms with Crippen molar-refractivity contribution in [3.05, 3.63) is 23.1 Å². The van der Waals surface area contributed by atoms with E-state index in [0.29, 0.717) is 0 Å². The first-order chi connectivity index (χ1) is 11.1. The lowest BCUT2D eigenvalue weighted by Gasteiger charge is -2.48. The van der Waals surface area contributed by atoms with Gasteiger partial charge >= 0.3 is 30.4 Å². The smallest absolute Gasteiger partial charge is 0.204 e. The van der Waals surface area contributed by atoms with E-state index in [1.807, 2.05) is 0 Å². The zero-order valence-electron chi connectivity index (χ0n) is 11.0. The van der Waals surface area contributed by atoms with Crippen molar-refractivity contribution in [1.82, 2.24) is 0 Å². The summed E-state index contributed by atoms with van der Waals surface area (Å²) in [6.07, 6.45) is -27.7. The fourth-order valence-electron chi connectivity index (χ4n) is 2.21. The Morgan fingerprint density at radius 1 is 0.654 bits per heavy atom. The van der Waals surface area contributed by atoms with Crippen molar-refractivity contribution >= 4 is 0 Å². The molecule has 0 fully saturated rings. The quantitative estimate of drug-likeness (QED) is 0.456. The van der Waals surface area contributed by atoms with Gasteiger partial charge in [0.2, 0.25) is 0 Å². The third-order valence-corrected chi connectivity index (χ3v) is 3.30. The number of allylic oxidation sites excluding steroid dienone is 3. The van der Waals surface area contributed by atoms with E-state index in [1.54, 1.807) is 0 Å². The molecule has 0 heterocycles. The molecule has 0 aromatic heterocycles. The third kappa shape index (κ3) is 2.46. The molecular weight excluding hydrogens is 424 g/mol. The highest BCUT2D eigenvalue weighted by Gasteiger charge is 2.93. The van der Waals surface area contributed by atoms with E-state index < -0.39 is 58.8 Å². The maximum Gasteiger partial charge on any atom is 0.455 e. The number of hydrogen-bond donors (Lipinski definition) is 0. The predicted octanol–water partition coefficient (Wildman–Crippen LogP) is 6.32. The van der Waals surface area contributed by atoms with Crippen molar-refractivity contribution in [2.45, 2.75) is 30.4 Å². The lowest BCUT2D eigenvalue weighted by atomic mass is 9.63. The molecule has 0 amide bonds. The Morgan fingerprint density at radius 3 is 1.23 bits per heavy atom. The van der Waals surface area contributed by atoms with Crippen molar-refractivity contribution < 1.29 is 70.2 Å². The number of halogens is 16. The van der Waals surface area contributed by atoms with Crippen LogP contribution < -0.4 is 0 Å². The standard InChI is InChI=1S/C10F16/c11-3-1(2(4(12)13)5(3,14)15)6(8(18,19)20,9(21,22)23)7(16,17)10(24,25)26. The average Bonchev–Trinajstić information content (AvgIpc) is 2.31.